The van der Waals surface area contributed by atoms with E-state index < -0.39 is 11.9 Å². The summed E-state index contributed by atoms with van der Waals surface area (Å²) in [6.07, 6.45) is 19.1. The first-order chi connectivity index (χ1) is 19.6. The maximum absolute atomic E-state index is 10.3. The van der Waals surface area contributed by atoms with Gasteiger partial charge in [0.15, 0.2) is 0 Å². The van der Waals surface area contributed by atoms with E-state index >= 15 is 0 Å². The summed E-state index contributed by atoms with van der Waals surface area (Å²) in [5, 5.41) is 17.0. The van der Waals surface area contributed by atoms with E-state index in [0.29, 0.717) is 23.4 Å². The molecule has 0 saturated heterocycles. The van der Waals surface area contributed by atoms with E-state index in [1.807, 2.05) is 0 Å². The van der Waals surface area contributed by atoms with Crippen LogP contribution in [-0.4, -0.2) is 28.4 Å². The van der Waals surface area contributed by atoms with Crippen molar-refractivity contribution in [2.45, 2.75) is 104 Å². The third-order valence-corrected chi connectivity index (χ3v) is 6.11. The number of rotatable bonds is 17. The summed E-state index contributed by atoms with van der Waals surface area (Å²) >= 11 is 0.750. The predicted molar refractivity (Wildman–Crippen MR) is 161 cm³/mol. The molecule has 0 aliphatic heterocycles. The van der Waals surface area contributed by atoms with Gasteiger partial charge in [0, 0.05) is 17.8 Å². The van der Waals surface area contributed by atoms with Crippen LogP contribution in [0, 0.1) is 5.92 Å². The second kappa shape index (κ2) is 28.7. The van der Waals surface area contributed by atoms with Crippen LogP contribution in [0.3, 0.4) is 0 Å². The van der Waals surface area contributed by atoms with Crippen molar-refractivity contribution in [1.82, 2.24) is 0 Å². The van der Waals surface area contributed by atoms with Gasteiger partial charge in [-0.3, -0.25) is 4.79 Å². The summed E-state index contributed by atoms with van der Waals surface area (Å²) in [6, 6.07) is 12.6. The molecule has 41 heavy (non-hydrogen) atoms. The van der Waals surface area contributed by atoms with Gasteiger partial charge in [-0.2, -0.15) is 17.7 Å². The molecule has 0 atom stereocenters. The van der Waals surface area contributed by atoms with E-state index in [1.165, 1.54) is 82.8 Å². The molecule has 6 N–H and O–H groups in total. The SMILES string of the molecule is CC(C)CCCCCCCCCCCCCCC(=O)O.Nc1ccc(C(=O)O)cc1.Nc1ccc([C-]=O)cc1.[O]=[Ti+]. The molecule has 8 nitrogen and oxygen atoms in total. The number of aromatic carboxylic acids is 1. The summed E-state index contributed by atoms with van der Waals surface area (Å²) in [5.74, 6) is -0.719. The molecule has 0 radical (unpaired) electrons. The van der Waals surface area contributed by atoms with Crippen LogP contribution in [0.15, 0.2) is 48.5 Å². The summed E-state index contributed by atoms with van der Waals surface area (Å²) in [6.45, 7) is 4.61. The zero-order chi connectivity index (χ0) is 31.3. The molecule has 2 aromatic rings. The Balaban J connectivity index is 0. The molecular weight excluding hydrogens is 556 g/mol. The van der Waals surface area contributed by atoms with E-state index in [9.17, 15) is 14.4 Å². The predicted octanol–water partition coefficient (Wildman–Crippen LogP) is 7.76. The number of hydrogen-bond acceptors (Lipinski definition) is 6. The van der Waals surface area contributed by atoms with E-state index in [4.69, 9.17) is 25.0 Å². The van der Waals surface area contributed by atoms with Crippen LogP contribution in [0.5, 0.6) is 0 Å². The molecule has 0 unspecified atom stereocenters. The van der Waals surface area contributed by atoms with Crippen molar-refractivity contribution in [3.05, 3.63) is 59.7 Å². The molecule has 2 rings (SSSR count). The average Bonchev–Trinajstić information content (AvgIpc) is 2.95. The molecule has 0 aliphatic rings. The van der Waals surface area contributed by atoms with Crippen molar-refractivity contribution in [2.75, 3.05) is 11.5 Å². The van der Waals surface area contributed by atoms with Crippen molar-refractivity contribution < 1.29 is 48.3 Å². The fraction of sp³-hybridized carbons (Fsp3) is 0.531. The molecular formula is C32H49N2O6Ti. The van der Waals surface area contributed by atoms with Crippen LogP contribution < -0.4 is 11.5 Å². The second-order valence-corrected chi connectivity index (χ2v) is 10.2. The third kappa shape index (κ3) is 28.5. The number of carbonyl (C=O) groups excluding carboxylic acids is 1. The molecule has 9 heteroatoms. The Bertz CT molecular complexity index is 921. The number of carboxylic acid groups (broad SMARTS) is 2. The van der Waals surface area contributed by atoms with E-state index in [-0.39, 0.29) is 5.56 Å². The minimum atomic E-state index is -0.931. The Morgan fingerprint density at radius 2 is 1.05 bits per heavy atom. The fourth-order valence-corrected chi connectivity index (χ4v) is 3.77. The summed E-state index contributed by atoms with van der Waals surface area (Å²) < 4.78 is 8.25. The van der Waals surface area contributed by atoms with Crippen LogP contribution in [0.2, 0.25) is 0 Å². The Hall–Kier alpha value is -2.84. The Morgan fingerprint density at radius 3 is 1.39 bits per heavy atom. The van der Waals surface area contributed by atoms with E-state index in [1.54, 1.807) is 42.7 Å². The van der Waals surface area contributed by atoms with Crippen LogP contribution in [-0.2, 0) is 33.3 Å². The number of benzene rings is 2. The van der Waals surface area contributed by atoms with Crippen LogP contribution >= 0.6 is 0 Å². The zero-order valence-electron chi connectivity index (χ0n) is 24.8. The number of hydrogen-bond donors (Lipinski definition) is 4. The van der Waals surface area contributed by atoms with Gasteiger partial charge in [0.1, 0.15) is 0 Å². The van der Waals surface area contributed by atoms with Crippen molar-refractivity contribution in [3.63, 3.8) is 0 Å². The summed E-state index contributed by atoms with van der Waals surface area (Å²) in [7, 11) is 0. The van der Waals surface area contributed by atoms with Crippen molar-refractivity contribution in [3.8, 4) is 0 Å². The number of aliphatic carboxylic acids is 1. The average molecular weight is 606 g/mol. The molecule has 0 saturated carbocycles. The van der Waals surface area contributed by atoms with Crippen molar-refractivity contribution in [1.29, 1.82) is 0 Å². The normalized spacial score (nSPS) is 9.78. The standard InChI is InChI=1S/C18H36O2.C7H7NO2.C7H6NO.O.Ti/c1-17(2)15-13-11-9-7-5-3-4-6-8-10-12-14-16-18(19)20;8-6-3-1-5(2-4-6)7(9)10;8-7-3-1-6(5-9)2-4-7;;/h17H,3-16H2,1-2H3,(H,19,20);1-4H,8H2,(H,9,10);1-4H,8H2;;/q;;-1;;+1. The Morgan fingerprint density at radius 1 is 0.683 bits per heavy atom. The molecule has 227 valence electrons. The van der Waals surface area contributed by atoms with Gasteiger partial charge in [0.2, 0.25) is 0 Å². The number of carboxylic acids is 2. The molecule has 0 amide bonds. The van der Waals surface area contributed by atoms with E-state index in [2.05, 4.69) is 13.8 Å². The first-order valence-electron chi connectivity index (χ1n) is 14.4. The molecule has 2 aromatic carbocycles. The fourth-order valence-electron chi connectivity index (χ4n) is 3.77. The summed E-state index contributed by atoms with van der Waals surface area (Å²) in [5.41, 5.74) is 12.7. The quantitative estimate of drug-likeness (QED) is 0.0616. The molecule has 0 heterocycles. The molecule has 0 fully saturated rings. The van der Waals surface area contributed by atoms with Gasteiger partial charge in [0.05, 0.1) is 11.8 Å². The molecule has 0 aromatic heterocycles. The van der Waals surface area contributed by atoms with Gasteiger partial charge in [0.25, 0.3) is 0 Å². The van der Waals surface area contributed by atoms with Gasteiger partial charge >= 0.3 is 35.7 Å². The second-order valence-electron chi connectivity index (χ2n) is 10.2. The van der Waals surface area contributed by atoms with Crippen LogP contribution in [0.4, 0.5) is 11.4 Å². The Labute approximate surface area is 258 Å². The number of nitrogens with two attached hydrogens (primary N) is 2. The topological polar surface area (TPSA) is 161 Å². The zero-order valence-corrected chi connectivity index (χ0v) is 26.3. The monoisotopic (exact) mass is 605 g/mol. The first kappa shape index (κ1) is 40.3. The molecule has 0 bridgehead atoms. The molecule has 0 spiro atoms. The van der Waals surface area contributed by atoms with Gasteiger partial charge < -0.3 is 26.5 Å². The number of anilines is 2. The van der Waals surface area contributed by atoms with Gasteiger partial charge in [-0.1, -0.05) is 103 Å². The minimum absolute atomic E-state index is 0.259. The number of carbonyl (C=O) groups is 2. The van der Waals surface area contributed by atoms with Gasteiger partial charge in [-0.05, 0) is 36.6 Å². The Kier molecular flexibility index (Phi) is 28.2. The van der Waals surface area contributed by atoms with Gasteiger partial charge in [-0.15, -0.1) is 0 Å². The third-order valence-electron chi connectivity index (χ3n) is 6.11. The van der Waals surface area contributed by atoms with Crippen molar-refractivity contribution >= 4 is 29.6 Å². The van der Waals surface area contributed by atoms with Crippen molar-refractivity contribution in [2.24, 2.45) is 5.92 Å². The van der Waals surface area contributed by atoms with Gasteiger partial charge in [-0.25, -0.2) is 4.79 Å². The first-order valence-corrected chi connectivity index (χ1v) is 15.0. The van der Waals surface area contributed by atoms with E-state index in [0.717, 1.165) is 39.2 Å². The maximum atomic E-state index is 10.3. The van der Waals surface area contributed by atoms with Crippen LogP contribution in [0.1, 0.15) is 120 Å². The number of unbranched alkanes of at least 4 members (excludes halogenated alkanes) is 11. The number of nitrogen functional groups attached to an aromatic ring is 2. The summed E-state index contributed by atoms with van der Waals surface area (Å²) in [4.78, 5) is 30.6. The van der Waals surface area contributed by atoms with Crippen LogP contribution in [0.25, 0.3) is 0 Å². The molecule has 0 aliphatic carbocycles.